The molecule has 6 heteroatoms. The normalized spacial score (nSPS) is 15.2. The summed E-state index contributed by atoms with van der Waals surface area (Å²) in [5.41, 5.74) is 4.98. The summed E-state index contributed by atoms with van der Waals surface area (Å²) >= 11 is 0. The van der Waals surface area contributed by atoms with Crippen LogP contribution in [-0.2, 0) is 24.2 Å². The fourth-order valence-electron chi connectivity index (χ4n) is 3.97. The van der Waals surface area contributed by atoms with Gasteiger partial charge in [0, 0.05) is 51.4 Å². The van der Waals surface area contributed by atoms with E-state index in [4.69, 9.17) is 4.74 Å². The molecule has 0 radical (unpaired) electrons. The Labute approximate surface area is 184 Å². The van der Waals surface area contributed by atoms with Gasteiger partial charge in [-0.15, -0.1) is 0 Å². The number of hydrogen-bond donors (Lipinski definition) is 2. The number of morpholine rings is 1. The highest BCUT2D eigenvalue weighted by Gasteiger charge is 2.13. The van der Waals surface area contributed by atoms with E-state index in [9.17, 15) is 0 Å². The third-order valence-corrected chi connectivity index (χ3v) is 5.69. The van der Waals surface area contributed by atoms with E-state index in [2.05, 4.69) is 74.0 Å². The molecule has 2 heterocycles. The lowest BCUT2D eigenvalue weighted by molar-refractivity contribution is 0.0341. The quantitative estimate of drug-likeness (QED) is 0.457. The van der Waals surface area contributed by atoms with Crippen LogP contribution >= 0.6 is 0 Å². The summed E-state index contributed by atoms with van der Waals surface area (Å²) in [5, 5.41) is 8.08. The first-order chi connectivity index (χ1) is 15.3. The van der Waals surface area contributed by atoms with Crippen LogP contribution in [0.5, 0.6) is 0 Å². The molecule has 0 saturated carbocycles. The van der Waals surface area contributed by atoms with Gasteiger partial charge in [-0.3, -0.25) is 14.9 Å². The molecule has 1 saturated heterocycles. The van der Waals surface area contributed by atoms with E-state index in [1.807, 2.05) is 19.3 Å². The molecule has 0 spiro atoms. The fourth-order valence-corrected chi connectivity index (χ4v) is 3.97. The van der Waals surface area contributed by atoms with Crippen molar-refractivity contribution in [2.24, 2.45) is 4.99 Å². The third-order valence-electron chi connectivity index (χ3n) is 5.69. The minimum Gasteiger partial charge on any atom is -0.379 e. The Kier molecular flexibility index (Phi) is 7.47. The van der Waals surface area contributed by atoms with Gasteiger partial charge in [-0.25, -0.2) is 0 Å². The predicted molar refractivity (Wildman–Crippen MR) is 126 cm³/mol. The monoisotopic (exact) mass is 417 g/mol. The van der Waals surface area contributed by atoms with Crippen LogP contribution < -0.4 is 10.6 Å². The number of benzene rings is 2. The van der Waals surface area contributed by atoms with Gasteiger partial charge in [0.1, 0.15) is 0 Å². The smallest absolute Gasteiger partial charge is 0.191 e. The number of nitrogens with zero attached hydrogens (tertiary/aromatic N) is 3. The summed E-state index contributed by atoms with van der Waals surface area (Å²) in [5.74, 6) is 0.814. The van der Waals surface area contributed by atoms with Gasteiger partial charge in [-0.1, -0.05) is 48.5 Å². The number of hydrogen-bond acceptors (Lipinski definition) is 4. The first-order valence-corrected chi connectivity index (χ1v) is 11.0. The van der Waals surface area contributed by atoms with Crippen molar-refractivity contribution >= 4 is 16.9 Å². The first-order valence-electron chi connectivity index (χ1n) is 11.0. The summed E-state index contributed by atoms with van der Waals surface area (Å²) < 4.78 is 5.47. The Balaban J connectivity index is 1.31. The second-order valence-electron chi connectivity index (χ2n) is 7.75. The number of para-hydroxylation sites is 1. The molecule has 31 heavy (non-hydrogen) atoms. The number of pyridine rings is 1. The fraction of sp³-hybridized carbons (Fsp3) is 0.360. The van der Waals surface area contributed by atoms with Crippen LogP contribution in [0.2, 0.25) is 0 Å². The zero-order chi connectivity index (χ0) is 21.3. The lowest BCUT2D eigenvalue weighted by atomic mass is 10.1. The maximum absolute atomic E-state index is 5.47. The second-order valence-corrected chi connectivity index (χ2v) is 7.75. The Morgan fingerprint density at radius 1 is 0.968 bits per heavy atom. The van der Waals surface area contributed by atoms with Gasteiger partial charge in [-0.05, 0) is 29.2 Å². The summed E-state index contributed by atoms with van der Waals surface area (Å²) in [6.45, 7) is 6.14. The molecule has 1 fully saturated rings. The summed E-state index contributed by atoms with van der Waals surface area (Å²) in [6, 6.07) is 19.1. The molecule has 1 aromatic heterocycles. The number of fused-ring (bicyclic) bond motifs is 1. The molecule has 162 valence electrons. The van der Waals surface area contributed by atoms with Gasteiger partial charge < -0.3 is 15.4 Å². The number of aromatic nitrogens is 1. The number of aliphatic imine (C=N–C) groups is 1. The van der Waals surface area contributed by atoms with Crippen molar-refractivity contribution in [1.29, 1.82) is 0 Å². The van der Waals surface area contributed by atoms with Crippen molar-refractivity contribution in [2.75, 3.05) is 39.9 Å². The highest BCUT2D eigenvalue weighted by molar-refractivity contribution is 5.82. The van der Waals surface area contributed by atoms with Crippen LogP contribution in [0.25, 0.3) is 10.9 Å². The van der Waals surface area contributed by atoms with Gasteiger partial charge in [0.15, 0.2) is 5.96 Å². The Morgan fingerprint density at radius 2 is 1.74 bits per heavy atom. The van der Waals surface area contributed by atoms with Crippen LogP contribution in [0.3, 0.4) is 0 Å². The average Bonchev–Trinajstić information content (AvgIpc) is 2.83. The van der Waals surface area contributed by atoms with Gasteiger partial charge in [-0.2, -0.15) is 0 Å². The van der Waals surface area contributed by atoms with E-state index in [1.165, 1.54) is 22.1 Å². The minimum absolute atomic E-state index is 0.746. The van der Waals surface area contributed by atoms with E-state index in [0.717, 1.165) is 63.8 Å². The van der Waals surface area contributed by atoms with Crippen molar-refractivity contribution in [1.82, 2.24) is 20.5 Å². The highest BCUT2D eigenvalue weighted by Crippen LogP contribution is 2.16. The number of guanidine groups is 1. The van der Waals surface area contributed by atoms with Crippen molar-refractivity contribution in [3.63, 3.8) is 0 Å². The van der Waals surface area contributed by atoms with Crippen LogP contribution in [-0.4, -0.2) is 55.7 Å². The van der Waals surface area contributed by atoms with Crippen LogP contribution in [0.4, 0.5) is 0 Å². The molecule has 0 bridgehead atoms. The molecule has 0 unspecified atom stereocenters. The van der Waals surface area contributed by atoms with Gasteiger partial charge in [0.05, 0.1) is 18.7 Å². The average molecular weight is 418 g/mol. The summed E-state index contributed by atoms with van der Waals surface area (Å²) in [6.07, 6.45) is 2.75. The van der Waals surface area contributed by atoms with Crippen molar-refractivity contribution in [3.8, 4) is 0 Å². The molecule has 2 aromatic carbocycles. The Morgan fingerprint density at radius 3 is 2.58 bits per heavy atom. The molecule has 6 nitrogen and oxygen atoms in total. The molecule has 2 N–H and O–H groups in total. The number of nitrogens with one attached hydrogen (secondary N) is 2. The SMILES string of the molecule is CN=C(NCCc1cccc2cccnc12)NCc1ccccc1CN1CCOCC1. The van der Waals surface area contributed by atoms with Gasteiger partial charge >= 0.3 is 0 Å². The molecular weight excluding hydrogens is 386 g/mol. The lowest BCUT2D eigenvalue weighted by Gasteiger charge is -2.27. The topological polar surface area (TPSA) is 61.8 Å². The molecule has 0 amide bonds. The first kappa shape index (κ1) is 21.3. The summed E-state index contributed by atoms with van der Waals surface area (Å²) in [4.78, 5) is 11.4. The number of rotatable bonds is 7. The summed E-state index contributed by atoms with van der Waals surface area (Å²) in [7, 11) is 1.81. The molecule has 1 aliphatic rings. The predicted octanol–water partition coefficient (Wildman–Crippen LogP) is 2.97. The van der Waals surface area contributed by atoms with Crippen LogP contribution in [0.15, 0.2) is 65.8 Å². The number of ether oxygens (including phenoxy) is 1. The zero-order valence-corrected chi connectivity index (χ0v) is 18.2. The van der Waals surface area contributed by atoms with Crippen molar-refractivity contribution in [3.05, 3.63) is 77.5 Å². The van der Waals surface area contributed by atoms with Crippen molar-refractivity contribution < 1.29 is 4.74 Å². The van der Waals surface area contributed by atoms with E-state index >= 15 is 0 Å². The third kappa shape index (κ3) is 5.81. The molecule has 1 aliphatic heterocycles. The van der Waals surface area contributed by atoms with E-state index in [1.54, 1.807) is 0 Å². The molecule has 4 rings (SSSR count). The maximum Gasteiger partial charge on any atom is 0.191 e. The maximum atomic E-state index is 5.47. The van der Waals surface area contributed by atoms with E-state index in [0.29, 0.717) is 0 Å². The van der Waals surface area contributed by atoms with Crippen LogP contribution in [0, 0.1) is 0 Å². The second kappa shape index (κ2) is 10.9. The highest BCUT2D eigenvalue weighted by atomic mass is 16.5. The standard InChI is InChI=1S/C25H31N5O/c1-26-25(28-13-11-21-9-4-8-20-10-5-12-27-24(20)21)29-18-22-6-2-3-7-23(22)19-30-14-16-31-17-15-30/h2-10,12H,11,13-19H2,1H3,(H2,26,28,29). The minimum atomic E-state index is 0.746. The van der Waals surface area contributed by atoms with Gasteiger partial charge in [0.25, 0.3) is 0 Å². The molecule has 0 atom stereocenters. The molecule has 0 aliphatic carbocycles. The lowest BCUT2D eigenvalue weighted by Crippen LogP contribution is -2.38. The molecular formula is C25H31N5O. The van der Waals surface area contributed by atoms with Gasteiger partial charge in [0.2, 0.25) is 0 Å². The Hall–Kier alpha value is -2.96. The van der Waals surface area contributed by atoms with Crippen LogP contribution in [0.1, 0.15) is 16.7 Å². The largest absolute Gasteiger partial charge is 0.379 e. The Bertz CT molecular complexity index is 1010. The van der Waals surface area contributed by atoms with Crippen molar-refractivity contribution in [2.45, 2.75) is 19.5 Å². The molecule has 3 aromatic rings. The van der Waals surface area contributed by atoms with E-state index < -0.39 is 0 Å². The zero-order valence-electron chi connectivity index (χ0n) is 18.2. The van der Waals surface area contributed by atoms with E-state index in [-0.39, 0.29) is 0 Å².